The molecular weight excluding hydrogens is 511 g/mol. The van der Waals surface area contributed by atoms with Crippen molar-refractivity contribution in [3.63, 3.8) is 0 Å². The highest BCUT2D eigenvalue weighted by molar-refractivity contribution is 6.31. The fourth-order valence-electron chi connectivity index (χ4n) is 4.74. The quantitative estimate of drug-likeness (QED) is 0.250. The summed E-state index contributed by atoms with van der Waals surface area (Å²) in [5, 5.41) is 12.7. The van der Waals surface area contributed by atoms with Gasteiger partial charge in [-0.3, -0.25) is 14.5 Å². The third-order valence-electron chi connectivity index (χ3n) is 6.60. The number of nitrogens with zero attached hydrogens (tertiary/aromatic N) is 2. The zero-order valence-corrected chi connectivity index (χ0v) is 21.8. The molecule has 8 heteroatoms. The molecule has 0 bridgehead atoms. The lowest BCUT2D eigenvalue weighted by molar-refractivity contribution is -0.117. The average molecular weight is 535 g/mol. The van der Waals surface area contributed by atoms with Crippen molar-refractivity contribution in [2.75, 3.05) is 22.9 Å². The number of rotatable bonds is 7. The largest absolute Gasteiger partial charge is 0.503 e. The molecule has 1 aromatic heterocycles. The molecule has 37 heavy (non-hydrogen) atoms. The van der Waals surface area contributed by atoms with Crippen molar-refractivity contribution in [1.82, 2.24) is 0 Å². The third-order valence-corrected chi connectivity index (χ3v) is 7.08. The molecule has 5 rings (SSSR count). The first-order chi connectivity index (χ1) is 17.8. The van der Waals surface area contributed by atoms with Gasteiger partial charge in [0, 0.05) is 39.9 Å². The molecule has 1 N–H and O–H groups in total. The number of benzene rings is 3. The number of aliphatic hydroxyl groups is 1. The maximum atomic E-state index is 13.8. The van der Waals surface area contributed by atoms with Crippen molar-refractivity contribution >= 4 is 57.2 Å². The minimum atomic E-state index is -0.872. The predicted octanol–water partition coefficient (Wildman–Crippen LogP) is 7.37. The number of aliphatic hydroxyl groups excluding tert-OH is 1. The Morgan fingerprint density at radius 3 is 2.24 bits per heavy atom. The smallest absolute Gasteiger partial charge is 0.294 e. The molecule has 0 fully saturated rings. The van der Waals surface area contributed by atoms with E-state index < -0.39 is 23.5 Å². The van der Waals surface area contributed by atoms with Gasteiger partial charge in [0.25, 0.3) is 5.91 Å². The number of fused-ring (bicyclic) bond motifs is 1. The fourth-order valence-corrected chi connectivity index (χ4v) is 5.04. The minimum Gasteiger partial charge on any atom is -0.503 e. The molecule has 0 saturated carbocycles. The third kappa shape index (κ3) is 4.47. The molecule has 6 nitrogen and oxygen atoms in total. The SMILES string of the molecule is CCN(CC)c1ccc(C2C(C(=O)c3cc4cc(Cl)ccc4o3)=C(O)C(=O)N2c2ccc(Cl)cc2)cc1. The van der Waals surface area contributed by atoms with E-state index in [1.54, 1.807) is 48.5 Å². The number of ketones is 1. The molecule has 1 aliphatic heterocycles. The molecule has 188 valence electrons. The number of hydrogen-bond acceptors (Lipinski definition) is 5. The average Bonchev–Trinajstić information content (AvgIpc) is 3.44. The highest BCUT2D eigenvalue weighted by Gasteiger charge is 2.45. The molecule has 3 aromatic carbocycles. The van der Waals surface area contributed by atoms with Crippen molar-refractivity contribution in [2.45, 2.75) is 19.9 Å². The molecule has 0 saturated heterocycles. The van der Waals surface area contributed by atoms with Crippen LogP contribution in [0, 0.1) is 0 Å². The van der Waals surface area contributed by atoms with E-state index >= 15 is 0 Å². The summed E-state index contributed by atoms with van der Waals surface area (Å²) in [6.45, 7) is 5.84. The van der Waals surface area contributed by atoms with Gasteiger partial charge in [0.05, 0.1) is 11.6 Å². The molecule has 1 aliphatic rings. The lowest BCUT2D eigenvalue weighted by Gasteiger charge is -2.28. The first kappa shape index (κ1) is 24.9. The number of anilines is 2. The summed E-state index contributed by atoms with van der Waals surface area (Å²) in [7, 11) is 0. The van der Waals surface area contributed by atoms with Gasteiger partial charge in [-0.1, -0.05) is 35.3 Å². The summed E-state index contributed by atoms with van der Waals surface area (Å²) < 4.78 is 5.79. The van der Waals surface area contributed by atoms with Gasteiger partial charge in [-0.05, 0) is 80.1 Å². The van der Waals surface area contributed by atoms with Crippen molar-refractivity contribution in [3.05, 3.63) is 105 Å². The van der Waals surface area contributed by atoms with Crippen LogP contribution in [0.25, 0.3) is 11.0 Å². The lowest BCUT2D eigenvalue weighted by atomic mass is 9.94. The zero-order valence-electron chi connectivity index (χ0n) is 20.2. The molecule has 0 spiro atoms. The summed E-state index contributed by atoms with van der Waals surface area (Å²) in [4.78, 5) is 30.8. The van der Waals surface area contributed by atoms with Crippen LogP contribution < -0.4 is 9.80 Å². The standard InChI is InChI=1S/C29H24Cl2N2O4/c1-3-32(4-2)21-10-5-17(6-11-21)26-25(27(34)24-16-18-15-20(31)9-14-23(18)37-24)28(35)29(36)33(26)22-12-7-19(30)8-13-22/h5-16,26,35H,3-4H2,1-2H3. The lowest BCUT2D eigenvalue weighted by Crippen LogP contribution is -2.31. The number of furan rings is 1. The maximum absolute atomic E-state index is 13.8. The van der Waals surface area contributed by atoms with Gasteiger partial charge in [-0.2, -0.15) is 0 Å². The summed E-state index contributed by atoms with van der Waals surface area (Å²) >= 11 is 12.2. The number of Topliss-reactive ketones (excluding diaryl/α,β-unsaturated/α-hetero) is 1. The Bertz CT molecular complexity index is 1520. The van der Waals surface area contributed by atoms with E-state index in [-0.39, 0.29) is 11.3 Å². The minimum absolute atomic E-state index is 0.00864. The Kier molecular flexibility index (Phi) is 6.71. The van der Waals surface area contributed by atoms with Crippen LogP contribution in [-0.2, 0) is 4.79 Å². The Morgan fingerprint density at radius 2 is 1.59 bits per heavy atom. The molecule has 1 atom stereocenters. The summed E-state index contributed by atoms with van der Waals surface area (Å²) in [5.74, 6) is -1.86. The number of hydrogen-bond donors (Lipinski definition) is 1. The molecule has 0 radical (unpaired) electrons. The van der Waals surface area contributed by atoms with Crippen LogP contribution in [0.3, 0.4) is 0 Å². The molecule has 4 aromatic rings. The Hall–Kier alpha value is -3.74. The fraction of sp³-hybridized carbons (Fsp3) is 0.172. The monoisotopic (exact) mass is 534 g/mol. The predicted molar refractivity (Wildman–Crippen MR) is 147 cm³/mol. The van der Waals surface area contributed by atoms with Crippen LogP contribution in [-0.4, -0.2) is 29.9 Å². The first-order valence-corrected chi connectivity index (χ1v) is 12.7. The second kappa shape index (κ2) is 9.96. The molecule has 1 unspecified atom stereocenters. The van der Waals surface area contributed by atoms with Gasteiger partial charge >= 0.3 is 0 Å². The van der Waals surface area contributed by atoms with Crippen molar-refractivity contribution in [1.29, 1.82) is 0 Å². The van der Waals surface area contributed by atoms with Gasteiger partial charge in [-0.15, -0.1) is 0 Å². The van der Waals surface area contributed by atoms with E-state index in [0.717, 1.165) is 18.8 Å². The van der Waals surface area contributed by atoms with Crippen LogP contribution in [0.5, 0.6) is 0 Å². The van der Waals surface area contributed by atoms with E-state index in [2.05, 4.69) is 18.7 Å². The van der Waals surface area contributed by atoms with Crippen LogP contribution in [0.15, 0.2) is 88.5 Å². The summed E-state index contributed by atoms with van der Waals surface area (Å²) in [6, 6.07) is 20.1. The van der Waals surface area contributed by atoms with Gasteiger partial charge in [0.15, 0.2) is 11.5 Å². The number of amides is 1. The topological polar surface area (TPSA) is 74.0 Å². The molecule has 1 amide bonds. The van der Waals surface area contributed by atoms with Crippen LogP contribution >= 0.6 is 23.2 Å². The molecule has 0 aliphatic carbocycles. The van der Waals surface area contributed by atoms with E-state index in [1.165, 1.54) is 4.90 Å². The number of halogens is 2. The van der Waals surface area contributed by atoms with Gasteiger partial charge in [0.1, 0.15) is 5.58 Å². The number of carbonyl (C=O) groups excluding carboxylic acids is 2. The number of carbonyl (C=O) groups is 2. The van der Waals surface area contributed by atoms with Crippen molar-refractivity contribution in [2.24, 2.45) is 0 Å². The second-order valence-corrected chi connectivity index (χ2v) is 9.58. The Balaban J connectivity index is 1.62. The van der Waals surface area contributed by atoms with Gasteiger partial charge < -0.3 is 14.4 Å². The molecule has 2 heterocycles. The van der Waals surface area contributed by atoms with Crippen molar-refractivity contribution in [3.8, 4) is 0 Å². The maximum Gasteiger partial charge on any atom is 0.294 e. The second-order valence-electron chi connectivity index (χ2n) is 8.70. The molecular formula is C29H24Cl2N2O4. The van der Waals surface area contributed by atoms with E-state index in [0.29, 0.717) is 32.3 Å². The van der Waals surface area contributed by atoms with Crippen molar-refractivity contribution < 1.29 is 19.1 Å². The van der Waals surface area contributed by atoms with Crippen LogP contribution in [0.4, 0.5) is 11.4 Å². The van der Waals surface area contributed by atoms with E-state index in [4.69, 9.17) is 27.6 Å². The highest BCUT2D eigenvalue weighted by atomic mass is 35.5. The van der Waals surface area contributed by atoms with Gasteiger partial charge in [0.2, 0.25) is 5.78 Å². The van der Waals surface area contributed by atoms with Crippen LogP contribution in [0.2, 0.25) is 10.0 Å². The zero-order chi connectivity index (χ0) is 26.3. The van der Waals surface area contributed by atoms with E-state index in [1.807, 2.05) is 24.3 Å². The first-order valence-electron chi connectivity index (χ1n) is 11.9. The Morgan fingerprint density at radius 1 is 0.946 bits per heavy atom. The van der Waals surface area contributed by atoms with E-state index in [9.17, 15) is 14.7 Å². The normalized spacial score (nSPS) is 15.6. The summed E-state index contributed by atoms with van der Waals surface area (Å²) in [6.07, 6.45) is 0. The van der Waals surface area contributed by atoms with Gasteiger partial charge in [-0.25, -0.2) is 0 Å². The van der Waals surface area contributed by atoms with Crippen LogP contribution in [0.1, 0.15) is 36.0 Å². The summed E-state index contributed by atoms with van der Waals surface area (Å²) in [5.41, 5.74) is 2.61. The highest BCUT2D eigenvalue weighted by Crippen LogP contribution is 2.43. The Labute approximate surface area is 224 Å².